The second-order valence-corrected chi connectivity index (χ2v) is 8.55. The molecule has 1 aliphatic carbocycles. The van der Waals surface area contributed by atoms with Gasteiger partial charge in [0, 0.05) is 17.6 Å². The Bertz CT molecular complexity index is 1110. The number of halogens is 2. The van der Waals surface area contributed by atoms with Crippen LogP contribution in [0, 0.1) is 0 Å². The summed E-state index contributed by atoms with van der Waals surface area (Å²) >= 11 is 6.04. The van der Waals surface area contributed by atoms with Crippen molar-refractivity contribution in [2.24, 2.45) is 0 Å². The van der Waals surface area contributed by atoms with E-state index in [9.17, 15) is 9.90 Å². The molecule has 3 aromatic carbocycles. The lowest BCUT2D eigenvalue weighted by atomic mass is 9.86. The summed E-state index contributed by atoms with van der Waals surface area (Å²) in [5.74, 6) is -0.458. The zero-order valence-electron chi connectivity index (χ0n) is 18.0. The standard InChI is InChI=1S/C26H26ClNO4.ClH/c27-22-5-1-4-20(12-22)25(29)15-28-23-10-9-17-7-8-19(11-21(17)13-23)18-3-2-6-24(14-18)32-16-26(30)31;/h1-8,11-12,14,23,25,28-29H,9-10,13,15-16H2,(H,30,31);1H/t23-,25-;/m0./s1. The summed E-state index contributed by atoms with van der Waals surface area (Å²) in [5, 5.41) is 23.4. The number of hydrogen-bond donors (Lipinski definition) is 3. The van der Waals surface area contributed by atoms with E-state index in [0.29, 0.717) is 17.3 Å². The van der Waals surface area contributed by atoms with E-state index in [1.54, 1.807) is 18.2 Å². The SMILES string of the molecule is Cl.O=C(O)COc1cccc(-c2ccc3c(c2)C[C@@H](NC[C@H](O)c2cccc(Cl)c2)CC3)c1. The molecule has 3 N–H and O–H groups in total. The molecule has 0 fully saturated rings. The number of carboxylic acids is 1. The second-order valence-electron chi connectivity index (χ2n) is 8.11. The van der Waals surface area contributed by atoms with E-state index in [0.717, 1.165) is 36.0 Å². The van der Waals surface area contributed by atoms with E-state index in [-0.39, 0.29) is 25.1 Å². The predicted octanol–water partition coefficient (Wildman–Crippen LogP) is 5.07. The van der Waals surface area contributed by atoms with Crippen LogP contribution in [0.15, 0.2) is 66.7 Å². The van der Waals surface area contributed by atoms with Gasteiger partial charge >= 0.3 is 5.97 Å². The molecule has 33 heavy (non-hydrogen) atoms. The van der Waals surface area contributed by atoms with Crippen molar-refractivity contribution in [3.63, 3.8) is 0 Å². The number of hydrogen-bond acceptors (Lipinski definition) is 4. The molecule has 0 amide bonds. The van der Waals surface area contributed by atoms with Crippen LogP contribution in [0.2, 0.25) is 5.02 Å². The minimum atomic E-state index is -0.997. The number of fused-ring (bicyclic) bond motifs is 1. The van der Waals surface area contributed by atoms with Crippen molar-refractivity contribution >= 4 is 30.0 Å². The Morgan fingerprint density at radius 1 is 1.06 bits per heavy atom. The summed E-state index contributed by atoms with van der Waals surface area (Å²) in [7, 11) is 0. The molecule has 0 spiro atoms. The molecule has 174 valence electrons. The van der Waals surface area contributed by atoms with Gasteiger partial charge in [-0.1, -0.05) is 54.1 Å². The van der Waals surface area contributed by atoms with Gasteiger partial charge in [0.1, 0.15) is 5.75 Å². The second kappa shape index (κ2) is 11.5. The fraction of sp³-hybridized carbons (Fsp3) is 0.269. The minimum absolute atomic E-state index is 0. The highest BCUT2D eigenvalue weighted by Crippen LogP contribution is 2.30. The van der Waals surface area contributed by atoms with Crippen LogP contribution in [0.3, 0.4) is 0 Å². The molecular formula is C26H27Cl2NO4. The molecular weight excluding hydrogens is 461 g/mol. The number of aliphatic hydroxyl groups excluding tert-OH is 1. The van der Waals surface area contributed by atoms with Crippen LogP contribution in [-0.2, 0) is 17.6 Å². The smallest absolute Gasteiger partial charge is 0.341 e. The summed E-state index contributed by atoms with van der Waals surface area (Å²) < 4.78 is 5.32. The number of benzene rings is 3. The van der Waals surface area contributed by atoms with Gasteiger partial charge in [-0.05, 0) is 71.3 Å². The van der Waals surface area contributed by atoms with Gasteiger partial charge < -0.3 is 20.3 Å². The number of aryl methyl sites for hydroxylation is 1. The predicted molar refractivity (Wildman–Crippen MR) is 132 cm³/mol. The summed E-state index contributed by atoms with van der Waals surface area (Å²) in [5.41, 5.74) is 5.51. The molecule has 0 aromatic heterocycles. The number of carbonyl (C=O) groups is 1. The molecule has 4 rings (SSSR count). The monoisotopic (exact) mass is 487 g/mol. The van der Waals surface area contributed by atoms with Crippen molar-refractivity contribution < 1.29 is 19.7 Å². The van der Waals surface area contributed by atoms with Crippen molar-refractivity contribution in [2.75, 3.05) is 13.2 Å². The van der Waals surface area contributed by atoms with Crippen molar-refractivity contribution in [3.05, 3.63) is 88.4 Å². The molecule has 0 bridgehead atoms. The first-order valence-corrected chi connectivity index (χ1v) is 11.1. The Morgan fingerprint density at radius 2 is 1.85 bits per heavy atom. The van der Waals surface area contributed by atoms with Crippen LogP contribution in [-0.4, -0.2) is 35.4 Å². The number of rotatable bonds is 8. The van der Waals surface area contributed by atoms with Crippen LogP contribution in [0.5, 0.6) is 5.75 Å². The van der Waals surface area contributed by atoms with Crippen LogP contribution >= 0.6 is 24.0 Å². The van der Waals surface area contributed by atoms with Crippen molar-refractivity contribution in [1.82, 2.24) is 5.32 Å². The molecule has 0 aliphatic heterocycles. The molecule has 5 nitrogen and oxygen atoms in total. The van der Waals surface area contributed by atoms with E-state index in [4.69, 9.17) is 21.4 Å². The van der Waals surface area contributed by atoms with Gasteiger partial charge in [-0.2, -0.15) is 0 Å². The zero-order valence-corrected chi connectivity index (χ0v) is 19.6. The maximum atomic E-state index is 10.8. The number of carboxylic acid groups (broad SMARTS) is 1. The van der Waals surface area contributed by atoms with Gasteiger partial charge in [0.05, 0.1) is 6.10 Å². The summed E-state index contributed by atoms with van der Waals surface area (Å²) in [4.78, 5) is 10.8. The Hall–Kier alpha value is -2.57. The number of aliphatic carboxylic acids is 1. The van der Waals surface area contributed by atoms with Gasteiger partial charge in [-0.15, -0.1) is 12.4 Å². The number of nitrogens with one attached hydrogen (secondary N) is 1. The lowest BCUT2D eigenvalue weighted by Gasteiger charge is -2.27. The lowest BCUT2D eigenvalue weighted by Crippen LogP contribution is -2.37. The van der Waals surface area contributed by atoms with E-state index < -0.39 is 12.1 Å². The first-order chi connectivity index (χ1) is 15.5. The van der Waals surface area contributed by atoms with Crippen LogP contribution in [0.25, 0.3) is 11.1 Å². The first kappa shape index (κ1) is 25.1. The van der Waals surface area contributed by atoms with E-state index in [1.807, 2.05) is 30.3 Å². The largest absolute Gasteiger partial charge is 0.482 e. The van der Waals surface area contributed by atoms with Crippen molar-refractivity contribution in [1.29, 1.82) is 0 Å². The maximum Gasteiger partial charge on any atom is 0.341 e. The molecule has 0 saturated heterocycles. The fourth-order valence-corrected chi connectivity index (χ4v) is 4.33. The Labute approximate surface area is 204 Å². The van der Waals surface area contributed by atoms with Gasteiger partial charge in [0.15, 0.2) is 6.61 Å². The first-order valence-electron chi connectivity index (χ1n) is 10.7. The molecule has 1 aliphatic rings. The van der Waals surface area contributed by atoms with Gasteiger partial charge in [0.2, 0.25) is 0 Å². The topological polar surface area (TPSA) is 78.8 Å². The third-order valence-corrected chi connectivity index (χ3v) is 6.03. The summed E-state index contributed by atoms with van der Waals surface area (Å²) in [6.45, 7) is 0.116. The third kappa shape index (κ3) is 6.71. The highest BCUT2D eigenvalue weighted by molar-refractivity contribution is 6.30. The van der Waals surface area contributed by atoms with Crippen molar-refractivity contribution in [3.8, 4) is 16.9 Å². The number of ether oxygens (including phenoxy) is 1. The van der Waals surface area contributed by atoms with E-state index in [2.05, 4.69) is 23.5 Å². The average molecular weight is 488 g/mol. The van der Waals surface area contributed by atoms with Crippen LogP contribution in [0.1, 0.15) is 29.2 Å². The molecule has 0 unspecified atom stereocenters. The Balaban J connectivity index is 0.00000306. The summed E-state index contributed by atoms with van der Waals surface area (Å²) in [6, 6.07) is 21.6. The van der Waals surface area contributed by atoms with Crippen molar-refractivity contribution in [2.45, 2.75) is 31.4 Å². The van der Waals surface area contributed by atoms with Gasteiger partial charge in [-0.25, -0.2) is 4.79 Å². The minimum Gasteiger partial charge on any atom is -0.482 e. The zero-order chi connectivity index (χ0) is 22.5. The Morgan fingerprint density at radius 3 is 2.64 bits per heavy atom. The molecule has 0 saturated carbocycles. The highest BCUT2D eigenvalue weighted by atomic mass is 35.5. The third-order valence-electron chi connectivity index (χ3n) is 5.80. The molecule has 0 radical (unpaired) electrons. The van der Waals surface area contributed by atoms with Crippen LogP contribution in [0.4, 0.5) is 0 Å². The molecule has 0 heterocycles. The van der Waals surface area contributed by atoms with Gasteiger partial charge in [0.25, 0.3) is 0 Å². The average Bonchev–Trinajstić information content (AvgIpc) is 2.81. The maximum absolute atomic E-state index is 10.8. The normalized spacial score (nSPS) is 15.8. The molecule has 7 heteroatoms. The number of aliphatic hydroxyl groups is 1. The van der Waals surface area contributed by atoms with Gasteiger partial charge in [-0.3, -0.25) is 0 Å². The van der Waals surface area contributed by atoms with E-state index in [1.165, 1.54) is 11.1 Å². The lowest BCUT2D eigenvalue weighted by molar-refractivity contribution is -0.139. The van der Waals surface area contributed by atoms with E-state index >= 15 is 0 Å². The fourth-order valence-electron chi connectivity index (χ4n) is 4.13. The molecule has 3 aromatic rings. The Kier molecular flexibility index (Phi) is 8.75. The highest BCUT2D eigenvalue weighted by Gasteiger charge is 2.20. The molecule has 2 atom stereocenters. The van der Waals surface area contributed by atoms with Crippen LogP contribution < -0.4 is 10.1 Å². The summed E-state index contributed by atoms with van der Waals surface area (Å²) in [6.07, 6.45) is 2.30. The quantitative estimate of drug-likeness (QED) is 0.413.